The van der Waals surface area contributed by atoms with Gasteiger partial charge in [-0.25, -0.2) is 10.6 Å². The first-order valence-electron chi connectivity index (χ1n) is 5.33. The maximum absolute atomic E-state index is 11.6. The summed E-state index contributed by atoms with van der Waals surface area (Å²) in [5.74, 6) is 5.84. The summed E-state index contributed by atoms with van der Waals surface area (Å²) in [6, 6.07) is 1.64. The van der Waals surface area contributed by atoms with Gasteiger partial charge in [-0.3, -0.25) is 10.3 Å². The molecule has 0 atom stereocenters. The summed E-state index contributed by atoms with van der Waals surface area (Å²) in [4.78, 5) is 13.0. The SMILES string of the molecule is COc1c(C)c(C)cc(C)c1N(C)C(=O)NN. The molecule has 0 aliphatic carbocycles. The lowest BCUT2D eigenvalue weighted by atomic mass is 10.0. The molecule has 2 amide bonds. The van der Waals surface area contributed by atoms with Crippen LogP contribution in [0.15, 0.2) is 6.07 Å². The van der Waals surface area contributed by atoms with Gasteiger partial charge in [0.05, 0.1) is 12.8 Å². The molecule has 0 aliphatic heterocycles. The predicted molar refractivity (Wildman–Crippen MR) is 68.3 cm³/mol. The maximum Gasteiger partial charge on any atom is 0.335 e. The number of amides is 2. The van der Waals surface area contributed by atoms with E-state index in [1.807, 2.05) is 26.8 Å². The van der Waals surface area contributed by atoms with Crippen molar-refractivity contribution in [1.29, 1.82) is 0 Å². The number of hydrogen-bond acceptors (Lipinski definition) is 3. The van der Waals surface area contributed by atoms with Gasteiger partial charge in [0.25, 0.3) is 0 Å². The molecule has 0 saturated heterocycles. The number of nitrogens with one attached hydrogen (secondary N) is 1. The molecule has 0 aromatic heterocycles. The Balaban J connectivity index is 3.41. The third kappa shape index (κ3) is 2.34. The number of aryl methyl sites for hydroxylation is 2. The van der Waals surface area contributed by atoms with E-state index in [-0.39, 0.29) is 6.03 Å². The maximum atomic E-state index is 11.6. The molecule has 0 fully saturated rings. The van der Waals surface area contributed by atoms with Gasteiger partial charge in [-0.05, 0) is 37.5 Å². The third-order valence-corrected chi connectivity index (χ3v) is 2.92. The second-order valence-corrected chi connectivity index (χ2v) is 4.03. The van der Waals surface area contributed by atoms with Crippen molar-refractivity contribution in [2.24, 2.45) is 5.84 Å². The van der Waals surface area contributed by atoms with Crippen molar-refractivity contribution in [3.63, 3.8) is 0 Å². The number of carbonyl (C=O) groups is 1. The van der Waals surface area contributed by atoms with Gasteiger partial charge in [0.1, 0.15) is 5.75 Å². The van der Waals surface area contributed by atoms with Crippen LogP contribution >= 0.6 is 0 Å². The van der Waals surface area contributed by atoms with E-state index in [1.54, 1.807) is 14.2 Å². The third-order valence-electron chi connectivity index (χ3n) is 2.92. The highest BCUT2D eigenvalue weighted by atomic mass is 16.5. The van der Waals surface area contributed by atoms with E-state index in [9.17, 15) is 4.79 Å². The Hall–Kier alpha value is -1.75. The highest BCUT2D eigenvalue weighted by Gasteiger charge is 2.19. The van der Waals surface area contributed by atoms with Gasteiger partial charge < -0.3 is 4.74 Å². The molecule has 1 rings (SSSR count). The smallest absolute Gasteiger partial charge is 0.335 e. The fourth-order valence-corrected chi connectivity index (χ4v) is 1.90. The summed E-state index contributed by atoms with van der Waals surface area (Å²) < 4.78 is 5.39. The largest absolute Gasteiger partial charge is 0.494 e. The summed E-state index contributed by atoms with van der Waals surface area (Å²) in [7, 11) is 3.25. The van der Waals surface area contributed by atoms with E-state index in [4.69, 9.17) is 10.6 Å². The second-order valence-electron chi connectivity index (χ2n) is 4.03. The molecule has 1 aromatic rings. The molecule has 0 heterocycles. The molecule has 5 heteroatoms. The number of nitrogens with zero attached hydrogens (tertiary/aromatic N) is 1. The zero-order valence-electron chi connectivity index (χ0n) is 10.9. The summed E-state index contributed by atoms with van der Waals surface area (Å²) in [5, 5.41) is 0. The molecule has 0 saturated carbocycles. The van der Waals surface area contributed by atoms with Crippen LogP contribution in [-0.4, -0.2) is 20.2 Å². The number of hydrogen-bond donors (Lipinski definition) is 2. The van der Waals surface area contributed by atoms with Crippen molar-refractivity contribution in [1.82, 2.24) is 5.43 Å². The van der Waals surface area contributed by atoms with Crippen LogP contribution in [-0.2, 0) is 0 Å². The van der Waals surface area contributed by atoms with Crippen LogP contribution in [0.4, 0.5) is 10.5 Å². The fourth-order valence-electron chi connectivity index (χ4n) is 1.90. The zero-order chi connectivity index (χ0) is 13.2. The van der Waals surface area contributed by atoms with Gasteiger partial charge in [0.2, 0.25) is 0 Å². The van der Waals surface area contributed by atoms with Gasteiger partial charge in [-0.1, -0.05) is 6.07 Å². The molecule has 1 aromatic carbocycles. The minimum absolute atomic E-state index is 0.380. The number of benzene rings is 1. The average Bonchev–Trinajstić information content (AvgIpc) is 2.31. The highest BCUT2D eigenvalue weighted by Crippen LogP contribution is 2.36. The first-order valence-corrected chi connectivity index (χ1v) is 5.33. The van der Waals surface area contributed by atoms with E-state index < -0.39 is 0 Å². The Bertz CT molecular complexity index is 444. The van der Waals surface area contributed by atoms with Gasteiger partial charge in [0, 0.05) is 7.05 Å². The number of anilines is 1. The number of ether oxygens (including phenoxy) is 1. The van der Waals surface area contributed by atoms with Crippen LogP contribution in [0.3, 0.4) is 0 Å². The van der Waals surface area contributed by atoms with Crippen molar-refractivity contribution in [3.8, 4) is 5.75 Å². The van der Waals surface area contributed by atoms with E-state index in [2.05, 4.69) is 5.43 Å². The molecule has 0 unspecified atom stereocenters. The summed E-state index contributed by atoms with van der Waals surface area (Å²) >= 11 is 0. The van der Waals surface area contributed by atoms with Gasteiger partial charge in [-0.15, -0.1) is 0 Å². The van der Waals surface area contributed by atoms with Gasteiger partial charge >= 0.3 is 6.03 Å². The number of hydrazine groups is 1. The Kier molecular flexibility index (Phi) is 3.96. The van der Waals surface area contributed by atoms with E-state index in [0.717, 1.165) is 22.4 Å². The minimum Gasteiger partial charge on any atom is -0.494 e. The molecule has 0 radical (unpaired) electrons. The Morgan fingerprint density at radius 3 is 2.41 bits per heavy atom. The van der Waals surface area contributed by atoms with Crippen LogP contribution < -0.4 is 20.9 Å². The lowest BCUT2D eigenvalue weighted by molar-refractivity contribution is 0.247. The first-order chi connectivity index (χ1) is 7.93. The quantitative estimate of drug-likeness (QED) is 0.467. The number of methoxy groups -OCH3 is 1. The lowest BCUT2D eigenvalue weighted by Gasteiger charge is -2.23. The van der Waals surface area contributed by atoms with Crippen LogP contribution in [0, 0.1) is 20.8 Å². The van der Waals surface area contributed by atoms with E-state index >= 15 is 0 Å². The van der Waals surface area contributed by atoms with Crippen molar-refractivity contribution >= 4 is 11.7 Å². The molecule has 0 aliphatic rings. The summed E-state index contributed by atoms with van der Waals surface area (Å²) in [6.45, 7) is 5.91. The molecule has 94 valence electrons. The first kappa shape index (κ1) is 13.3. The van der Waals surface area contributed by atoms with Crippen LogP contribution in [0.25, 0.3) is 0 Å². The zero-order valence-corrected chi connectivity index (χ0v) is 10.9. The fraction of sp³-hybridized carbons (Fsp3) is 0.417. The number of carbonyl (C=O) groups excluding carboxylic acids is 1. The monoisotopic (exact) mass is 237 g/mol. The highest BCUT2D eigenvalue weighted by molar-refractivity contribution is 5.94. The van der Waals surface area contributed by atoms with Crippen LogP contribution in [0.1, 0.15) is 16.7 Å². The van der Waals surface area contributed by atoms with E-state index in [1.165, 1.54) is 4.90 Å². The predicted octanol–water partition coefficient (Wildman–Crippen LogP) is 1.64. The molecule has 5 nitrogen and oxygen atoms in total. The van der Waals surface area contributed by atoms with Crippen molar-refractivity contribution < 1.29 is 9.53 Å². The molecular formula is C12H19N3O2. The van der Waals surface area contributed by atoms with E-state index in [0.29, 0.717) is 5.75 Å². The molecule has 0 spiro atoms. The lowest BCUT2D eigenvalue weighted by Crippen LogP contribution is -2.41. The molecule has 0 bridgehead atoms. The molecule has 3 N–H and O–H groups in total. The number of urea groups is 1. The van der Waals surface area contributed by atoms with Crippen LogP contribution in [0.5, 0.6) is 5.75 Å². The summed E-state index contributed by atoms with van der Waals surface area (Å²) in [5.41, 5.74) is 5.96. The number of nitrogens with two attached hydrogens (primary N) is 1. The van der Waals surface area contributed by atoms with Gasteiger partial charge in [-0.2, -0.15) is 0 Å². The van der Waals surface area contributed by atoms with Crippen molar-refractivity contribution in [3.05, 3.63) is 22.8 Å². The normalized spacial score (nSPS) is 10.0. The average molecular weight is 237 g/mol. The Morgan fingerprint density at radius 2 is 1.94 bits per heavy atom. The van der Waals surface area contributed by atoms with Crippen LogP contribution in [0.2, 0.25) is 0 Å². The standard InChI is InChI=1S/C12H19N3O2/c1-7-6-8(2)10(11(17-5)9(7)3)15(4)12(16)14-13/h6H,13H2,1-5H3,(H,14,16). The number of rotatable bonds is 2. The van der Waals surface area contributed by atoms with Crippen molar-refractivity contribution in [2.45, 2.75) is 20.8 Å². The minimum atomic E-state index is -0.380. The molecular weight excluding hydrogens is 218 g/mol. The van der Waals surface area contributed by atoms with Crippen molar-refractivity contribution in [2.75, 3.05) is 19.1 Å². The Labute approximate surface area is 102 Å². The second kappa shape index (κ2) is 5.05. The summed E-state index contributed by atoms with van der Waals surface area (Å²) in [6.07, 6.45) is 0. The topological polar surface area (TPSA) is 67.6 Å². The molecule has 17 heavy (non-hydrogen) atoms. The van der Waals surface area contributed by atoms with Gasteiger partial charge in [0.15, 0.2) is 0 Å². The Morgan fingerprint density at radius 1 is 1.35 bits per heavy atom.